The number of hydrogen-bond donors (Lipinski definition) is 2. The van der Waals surface area contributed by atoms with Crippen LogP contribution in [0.1, 0.15) is 37.4 Å². The van der Waals surface area contributed by atoms with Gasteiger partial charge in [0.2, 0.25) is 0 Å². The number of rotatable bonds is 6. The maximum Gasteiger partial charge on any atom is 0.0522 e. The minimum atomic E-state index is 0.734. The molecule has 0 unspecified atom stereocenters. The van der Waals surface area contributed by atoms with Crippen LogP contribution in [-0.4, -0.2) is 47.3 Å². The van der Waals surface area contributed by atoms with E-state index in [2.05, 4.69) is 34.3 Å². The van der Waals surface area contributed by atoms with Crippen LogP contribution >= 0.6 is 0 Å². The van der Waals surface area contributed by atoms with Gasteiger partial charge in [-0.3, -0.25) is 5.10 Å². The van der Waals surface area contributed by atoms with Gasteiger partial charge in [0.05, 0.1) is 6.20 Å². The normalized spacial score (nSPS) is 18.3. The van der Waals surface area contributed by atoms with Gasteiger partial charge in [0.1, 0.15) is 0 Å². The van der Waals surface area contributed by atoms with E-state index >= 15 is 0 Å². The molecule has 0 atom stereocenters. The Bertz CT molecular complexity index is 339. The van der Waals surface area contributed by atoms with E-state index in [1.165, 1.54) is 50.2 Å². The number of nitrogens with zero attached hydrogens (tertiary/aromatic N) is 2. The summed E-state index contributed by atoms with van der Waals surface area (Å²) < 4.78 is 0. The number of hydrogen-bond acceptors (Lipinski definition) is 3. The molecule has 1 fully saturated rings. The summed E-state index contributed by atoms with van der Waals surface area (Å²) in [5.74, 6) is 0. The highest BCUT2D eigenvalue weighted by Gasteiger charge is 2.16. The van der Waals surface area contributed by atoms with Crippen LogP contribution in [-0.2, 0) is 6.42 Å². The summed E-state index contributed by atoms with van der Waals surface area (Å²) in [7, 11) is 0. The molecule has 0 radical (unpaired) electrons. The van der Waals surface area contributed by atoms with Crippen molar-refractivity contribution in [2.75, 3.05) is 26.2 Å². The highest BCUT2D eigenvalue weighted by molar-refractivity contribution is 5.14. The van der Waals surface area contributed by atoms with Gasteiger partial charge in [0.25, 0.3) is 0 Å². The lowest BCUT2D eigenvalue weighted by Gasteiger charge is -2.31. The van der Waals surface area contributed by atoms with Gasteiger partial charge in [-0.15, -0.1) is 0 Å². The molecule has 2 heterocycles. The lowest BCUT2D eigenvalue weighted by molar-refractivity contribution is 0.206. The highest BCUT2D eigenvalue weighted by atomic mass is 15.1. The van der Waals surface area contributed by atoms with E-state index < -0.39 is 0 Å². The second-order valence-corrected chi connectivity index (χ2v) is 5.29. The van der Waals surface area contributed by atoms with Crippen LogP contribution in [0.4, 0.5) is 0 Å². The Hall–Kier alpha value is -0.870. The summed E-state index contributed by atoms with van der Waals surface area (Å²) in [6.45, 7) is 9.19. The number of likely N-dealkylation sites (tertiary alicyclic amines) is 1. The molecule has 4 nitrogen and oxygen atoms in total. The molecular formula is C14H26N4. The Kier molecular flexibility index (Phi) is 5.20. The van der Waals surface area contributed by atoms with E-state index in [-0.39, 0.29) is 0 Å². The second-order valence-electron chi connectivity index (χ2n) is 5.29. The largest absolute Gasteiger partial charge is 0.314 e. The fourth-order valence-corrected chi connectivity index (χ4v) is 2.67. The van der Waals surface area contributed by atoms with E-state index in [0.717, 1.165) is 19.0 Å². The molecule has 1 saturated heterocycles. The van der Waals surface area contributed by atoms with E-state index in [1.54, 1.807) is 0 Å². The van der Waals surface area contributed by atoms with Gasteiger partial charge >= 0.3 is 0 Å². The Morgan fingerprint density at radius 3 is 2.83 bits per heavy atom. The maximum atomic E-state index is 4.06. The van der Waals surface area contributed by atoms with Crippen molar-refractivity contribution in [1.29, 1.82) is 0 Å². The molecule has 0 saturated carbocycles. The predicted molar refractivity (Wildman–Crippen MR) is 74.8 cm³/mol. The summed E-state index contributed by atoms with van der Waals surface area (Å²) in [6.07, 6.45) is 6.89. The van der Waals surface area contributed by atoms with Crippen LogP contribution in [0.5, 0.6) is 0 Å². The first-order valence-electron chi connectivity index (χ1n) is 7.24. The summed E-state index contributed by atoms with van der Waals surface area (Å²) >= 11 is 0. The molecular weight excluding hydrogens is 224 g/mol. The van der Waals surface area contributed by atoms with E-state index in [0.29, 0.717) is 0 Å². The van der Waals surface area contributed by atoms with E-state index in [9.17, 15) is 0 Å². The smallest absolute Gasteiger partial charge is 0.0522 e. The Balaban J connectivity index is 1.58. The second kappa shape index (κ2) is 6.90. The molecule has 2 N–H and O–H groups in total. The van der Waals surface area contributed by atoms with Crippen molar-refractivity contribution in [3.8, 4) is 0 Å². The summed E-state index contributed by atoms with van der Waals surface area (Å²) in [4.78, 5) is 2.53. The van der Waals surface area contributed by atoms with Crippen molar-refractivity contribution in [3.05, 3.63) is 17.5 Å². The first-order chi connectivity index (χ1) is 8.79. The third-order valence-electron chi connectivity index (χ3n) is 4.03. The van der Waals surface area contributed by atoms with Crippen molar-refractivity contribution in [2.45, 2.75) is 45.6 Å². The Morgan fingerprint density at radius 1 is 1.44 bits per heavy atom. The number of aromatic nitrogens is 2. The molecule has 2 rings (SSSR count). The molecule has 18 heavy (non-hydrogen) atoms. The third kappa shape index (κ3) is 3.82. The number of aryl methyl sites for hydroxylation is 2. The molecule has 4 heteroatoms. The molecule has 0 bridgehead atoms. The van der Waals surface area contributed by atoms with Gasteiger partial charge in [-0.1, -0.05) is 6.92 Å². The molecule has 0 aromatic carbocycles. The molecule has 0 amide bonds. The fourth-order valence-electron chi connectivity index (χ4n) is 2.67. The van der Waals surface area contributed by atoms with Gasteiger partial charge in [0, 0.05) is 11.7 Å². The number of aromatic amines is 1. The van der Waals surface area contributed by atoms with Gasteiger partial charge < -0.3 is 10.2 Å². The monoisotopic (exact) mass is 250 g/mol. The first kappa shape index (κ1) is 13.6. The van der Waals surface area contributed by atoms with Crippen LogP contribution in [0.25, 0.3) is 0 Å². The first-order valence-corrected chi connectivity index (χ1v) is 7.24. The topological polar surface area (TPSA) is 44.0 Å². The van der Waals surface area contributed by atoms with Crippen molar-refractivity contribution in [1.82, 2.24) is 20.4 Å². The van der Waals surface area contributed by atoms with Gasteiger partial charge in [-0.2, -0.15) is 5.10 Å². The Labute approximate surface area is 110 Å². The summed E-state index contributed by atoms with van der Waals surface area (Å²) in [5, 5.41) is 10.7. The zero-order valence-electron chi connectivity index (χ0n) is 11.7. The average molecular weight is 250 g/mol. The summed E-state index contributed by atoms with van der Waals surface area (Å²) in [5.41, 5.74) is 2.57. The average Bonchev–Trinajstić information content (AvgIpc) is 2.81. The molecule has 1 aromatic heterocycles. The van der Waals surface area contributed by atoms with E-state index in [4.69, 9.17) is 0 Å². The maximum absolute atomic E-state index is 4.06. The zero-order chi connectivity index (χ0) is 12.8. The molecule has 0 aliphatic carbocycles. The molecule has 0 spiro atoms. The van der Waals surface area contributed by atoms with Crippen molar-refractivity contribution in [2.24, 2.45) is 0 Å². The highest BCUT2D eigenvalue weighted by Crippen LogP contribution is 2.10. The number of nitrogens with one attached hydrogen (secondary N) is 2. The van der Waals surface area contributed by atoms with Crippen molar-refractivity contribution in [3.63, 3.8) is 0 Å². The SMILES string of the molecule is CCN1CCC(NCCCc2cn[nH]c2C)CC1. The standard InChI is InChI=1S/C14H26N4/c1-3-18-9-6-14(7-10-18)15-8-4-5-13-11-16-17-12(13)2/h11,14-15H,3-10H2,1-2H3,(H,16,17). The molecule has 1 aliphatic rings. The lowest BCUT2D eigenvalue weighted by Crippen LogP contribution is -2.42. The van der Waals surface area contributed by atoms with Crippen LogP contribution in [0.3, 0.4) is 0 Å². The molecule has 1 aromatic rings. The fraction of sp³-hybridized carbons (Fsp3) is 0.786. The van der Waals surface area contributed by atoms with Gasteiger partial charge in [0.15, 0.2) is 0 Å². The van der Waals surface area contributed by atoms with Gasteiger partial charge in [-0.25, -0.2) is 0 Å². The van der Waals surface area contributed by atoms with Crippen LogP contribution < -0.4 is 5.32 Å². The number of H-pyrrole nitrogens is 1. The minimum Gasteiger partial charge on any atom is -0.314 e. The molecule has 102 valence electrons. The third-order valence-corrected chi connectivity index (χ3v) is 4.03. The lowest BCUT2D eigenvalue weighted by atomic mass is 10.0. The summed E-state index contributed by atoms with van der Waals surface area (Å²) in [6, 6.07) is 0.734. The van der Waals surface area contributed by atoms with Crippen LogP contribution in [0, 0.1) is 6.92 Å². The number of piperidine rings is 1. The zero-order valence-corrected chi connectivity index (χ0v) is 11.7. The van der Waals surface area contributed by atoms with Crippen LogP contribution in [0.15, 0.2) is 6.20 Å². The van der Waals surface area contributed by atoms with Crippen molar-refractivity contribution < 1.29 is 0 Å². The van der Waals surface area contributed by atoms with E-state index in [1.807, 2.05) is 6.20 Å². The minimum absolute atomic E-state index is 0.734. The predicted octanol–water partition coefficient (Wildman–Crippen LogP) is 1.72. The van der Waals surface area contributed by atoms with Crippen LogP contribution in [0.2, 0.25) is 0 Å². The molecule has 1 aliphatic heterocycles. The van der Waals surface area contributed by atoms with Gasteiger partial charge in [-0.05, 0) is 64.3 Å². The quantitative estimate of drug-likeness (QED) is 0.756. The van der Waals surface area contributed by atoms with Crippen molar-refractivity contribution >= 4 is 0 Å². The Morgan fingerprint density at radius 2 is 2.22 bits per heavy atom.